The van der Waals surface area contributed by atoms with E-state index in [1.54, 1.807) is 0 Å². The molecule has 1 fully saturated rings. The molecule has 1 aliphatic carbocycles. The van der Waals surface area contributed by atoms with Crippen LogP contribution in [0, 0.1) is 25.7 Å². The van der Waals surface area contributed by atoms with Crippen LogP contribution in [0.1, 0.15) is 36.0 Å². The highest BCUT2D eigenvalue weighted by Gasteiger charge is 2.32. The molecule has 0 saturated heterocycles. The molecule has 0 spiro atoms. The van der Waals surface area contributed by atoms with Gasteiger partial charge in [0.05, 0.1) is 5.92 Å². The molecule has 2 rings (SSSR count). The van der Waals surface area contributed by atoms with E-state index in [0.29, 0.717) is 5.92 Å². The molecule has 1 aromatic carbocycles. The van der Waals surface area contributed by atoms with Crippen LogP contribution in [0.2, 0.25) is 0 Å². The Morgan fingerprint density at radius 1 is 1.37 bits per heavy atom. The summed E-state index contributed by atoms with van der Waals surface area (Å²) in [7, 11) is 0. The summed E-state index contributed by atoms with van der Waals surface area (Å²) >= 11 is 0. The summed E-state index contributed by atoms with van der Waals surface area (Å²) in [4.78, 5) is 11.1. The van der Waals surface area contributed by atoms with Crippen molar-refractivity contribution in [3.8, 4) is 0 Å². The second kappa shape index (κ2) is 6.20. The molecule has 1 saturated carbocycles. The topological polar surface area (TPSA) is 49.3 Å². The molecule has 0 aromatic heterocycles. The van der Waals surface area contributed by atoms with Gasteiger partial charge < -0.3 is 10.4 Å². The van der Waals surface area contributed by atoms with Gasteiger partial charge in [-0.05, 0) is 50.3 Å². The maximum Gasteiger partial charge on any atom is 0.306 e. The Labute approximate surface area is 115 Å². The third-order valence-electron chi connectivity index (χ3n) is 4.20. The summed E-state index contributed by atoms with van der Waals surface area (Å²) in [6.07, 6.45) is 2.93. The number of carboxylic acid groups (broad SMARTS) is 1. The second-order valence-corrected chi connectivity index (χ2v) is 5.70. The van der Waals surface area contributed by atoms with Gasteiger partial charge in [-0.15, -0.1) is 0 Å². The number of rotatable bonds is 5. The maximum atomic E-state index is 11.1. The highest BCUT2D eigenvalue weighted by Crippen LogP contribution is 2.31. The first-order valence-corrected chi connectivity index (χ1v) is 7.07. The fraction of sp³-hybridized carbons (Fsp3) is 0.562. The zero-order chi connectivity index (χ0) is 13.8. The third kappa shape index (κ3) is 3.57. The standard InChI is InChI=1S/C16H23NO2/c1-11-6-7-13(12(2)8-11)9-17-10-14-4-3-5-15(14)16(18)19/h6-8,14-15,17H,3-5,9-10H2,1-2H3,(H,18,19). The first kappa shape index (κ1) is 14.1. The average Bonchev–Trinajstić information content (AvgIpc) is 2.80. The minimum atomic E-state index is -0.629. The third-order valence-corrected chi connectivity index (χ3v) is 4.20. The molecule has 1 aromatic rings. The van der Waals surface area contributed by atoms with Gasteiger partial charge in [-0.3, -0.25) is 4.79 Å². The van der Waals surface area contributed by atoms with Crippen molar-refractivity contribution in [2.45, 2.75) is 39.7 Å². The number of benzene rings is 1. The van der Waals surface area contributed by atoms with Gasteiger partial charge in [-0.1, -0.05) is 30.2 Å². The molecule has 0 amide bonds. The number of hydrogen-bond acceptors (Lipinski definition) is 2. The zero-order valence-electron chi connectivity index (χ0n) is 11.8. The normalized spacial score (nSPS) is 22.6. The van der Waals surface area contributed by atoms with E-state index in [-0.39, 0.29) is 5.92 Å². The van der Waals surface area contributed by atoms with Gasteiger partial charge in [0.1, 0.15) is 0 Å². The van der Waals surface area contributed by atoms with Crippen LogP contribution < -0.4 is 5.32 Å². The number of carbonyl (C=O) groups is 1. The minimum Gasteiger partial charge on any atom is -0.481 e. The van der Waals surface area contributed by atoms with Crippen LogP contribution in [0.4, 0.5) is 0 Å². The number of aliphatic carboxylic acids is 1. The van der Waals surface area contributed by atoms with Crippen molar-refractivity contribution in [3.05, 3.63) is 34.9 Å². The van der Waals surface area contributed by atoms with Gasteiger partial charge in [0.15, 0.2) is 0 Å². The van der Waals surface area contributed by atoms with Crippen LogP contribution in [0.5, 0.6) is 0 Å². The Morgan fingerprint density at radius 2 is 2.16 bits per heavy atom. The zero-order valence-corrected chi connectivity index (χ0v) is 11.8. The van der Waals surface area contributed by atoms with Gasteiger partial charge in [-0.2, -0.15) is 0 Å². The molecule has 3 heteroatoms. The lowest BCUT2D eigenvalue weighted by Gasteiger charge is -2.17. The second-order valence-electron chi connectivity index (χ2n) is 5.70. The van der Waals surface area contributed by atoms with E-state index in [1.165, 1.54) is 16.7 Å². The van der Waals surface area contributed by atoms with Crippen molar-refractivity contribution < 1.29 is 9.90 Å². The molecule has 0 aliphatic heterocycles. The number of carboxylic acids is 1. The summed E-state index contributed by atoms with van der Waals surface area (Å²) in [6.45, 7) is 5.86. The fourth-order valence-electron chi connectivity index (χ4n) is 3.04. The largest absolute Gasteiger partial charge is 0.481 e. The maximum absolute atomic E-state index is 11.1. The van der Waals surface area contributed by atoms with Crippen LogP contribution >= 0.6 is 0 Å². The van der Waals surface area contributed by atoms with E-state index < -0.39 is 5.97 Å². The highest BCUT2D eigenvalue weighted by atomic mass is 16.4. The van der Waals surface area contributed by atoms with Crippen molar-refractivity contribution in [1.29, 1.82) is 0 Å². The number of hydrogen-bond donors (Lipinski definition) is 2. The van der Waals surface area contributed by atoms with Crippen LogP contribution in [-0.4, -0.2) is 17.6 Å². The van der Waals surface area contributed by atoms with Crippen molar-refractivity contribution in [3.63, 3.8) is 0 Å². The van der Waals surface area contributed by atoms with Crippen LogP contribution in [-0.2, 0) is 11.3 Å². The quantitative estimate of drug-likeness (QED) is 0.857. The molecule has 2 unspecified atom stereocenters. The van der Waals surface area contributed by atoms with E-state index in [2.05, 4.69) is 37.4 Å². The smallest absolute Gasteiger partial charge is 0.306 e. The molecule has 0 bridgehead atoms. The fourth-order valence-corrected chi connectivity index (χ4v) is 3.04. The lowest BCUT2D eigenvalue weighted by molar-refractivity contribution is -0.142. The van der Waals surface area contributed by atoms with Gasteiger partial charge >= 0.3 is 5.97 Å². The van der Waals surface area contributed by atoms with Crippen molar-refractivity contribution in [2.75, 3.05) is 6.54 Å². The highest BCUT2D eigenvalue weighted by molar-refractivity contribution is 5.70. The molecular weight excluding hydrogens is 238 g/mol. The monoisotopic (exact) mass is 261 g/mol. The van der Waals surface area contributed by atoms with Crippen molar-refractivity contribution >= 4 is 5.97 Å². The van der Waals surface area contributed by atoms with Gasteiger partial charge in [0, 0.05) is 6.54 Å². The SMILES string of the molecule is Cc1ccc(CNCC2CCCC2C(=O)O)c(C)c1. The molecular formula is C16H23NO2. The molecule has 1 aliphatic rings. The molecule has 2 atom stereocenters. The van der Waals surface area contributed by atoms with Gasteiger partial charge in [0.2, 0.25) is 0 Å². The van der Waals surface area contributed by atoms with E-state index in [9.17, 15) is 4.79 Å². The number of aryl methyl sites for hydroxylation is 2. The Kier molecular flexibility index (Phi) is 4.59. The minimum absolute atomic E-state index is 0.147. The van der Waals surface area contributed by atoms with Crippen molar-refractivity contribution in [1.82, 2.24) is 5.32 Å². The Morgan fingerprint density at radius 3 is 2.84 bits per heavy atom. The molecule has 3 nitrogen and oxygen atoms in total. The molecule has 19 heavy (non-hydrogen) atoms. The summed E-state index contributed by atoms with van der Waals surface area (Å²) in [5.74, 6) is -0.481. The summed E-state index contributed by atoms with van der Waals surface area (Å²) in [5, 5.41) is 12.6. The lowest BCUT2D eigenvalue weighted by Crippen LogP contribution is -2.28. The predicted molar refractivity (Wildman–Crippen MR) is 76.1 cm³/mol. The molecule has 0 radical (unpaired) electrons. The summed E-state index contributed by atoms with van der Waals surface area (Å²) in [5.41, 5.74) is 3.88. The molecule has 2 N–H and O–H groups in total. The summed E-state index contributed by atoms with van der Waals surface area (Å²) in [6, 6.07) is 6.47. The summed E-state index contributed by atoms with van der Waals surface area (Å²) < 4.78 is 0. The first-order chi connectivity index (χ1) is 9.08. The van der Waals surface area contributed by atoms with E-state index >= 15 is 0 Å². The first-order valence-electron chi connectivity index (χ1n) is 7.07. The Bertz CT molecular complexity index is 456. The average molecular weight is 261 g/mol. The van der Waals surface area contributed by atoms with Crippen LogP contribution in [0.3, 0.4) is 0 Å². The van der Waals surface area contributed by atoms with Gasteiger partial charge in [0.25, 0.3) is 0 Å². The van der Waals surface area contributed by atoms with Crippen LogP contribution in [0.25, 0.3) is 0 Å². The van der Waals surface area contributed by atoms with Gasteiger partial charge in [-0.25, -0.2) is 0 Å². The van der Waals surface area contributed by atoms with E-state index in [4.69, 9.17) is 5.11 Å². The molecule has 104 valence electrons. The Balaban J connectivity index is 1.84. The van der Waals surface area contributed by atoms with Crippen LogP contribution in [0.15, 0.2) is 18.2 Å². The lowest BCUT2D eigenvalue weighted by atomic mass is 9.96. The molecule has 0 heterocycles. The van der Waals surface area contributed by atoms with E-state index in [1.807, 2.05) is 0 Å². The van der Waals surface area contributed by atoms with Crippen molar-refractivity contribution in [2.24, 2.45) is 11.8 Å². The Hall–Kier alpha value is -1.35. The number of nitrogens with one attached hydrogen (secondary N) is 1. The van der Waals surface area contributed by atoms with E-state index in [0.717, 1.165) is 32.4 Å². The predicted octanol–water partition coefficient (Wildman–Crippen LogP) is 2.89.